The van der Waals surface area contributed by atoms with Crippen molar-refractivity contribution in [3.63, 3.8) is 0 Å². The Hall–Kier alpha value is -0.770. The number of oxime groups is 1. The van der Waals surface area contributed by atoms with Gasteiger partial charge in [0, 0.05) is 19.0 Å². The minimum absolute atomic E-state index is 0.306. The summed E-state index contributed by atoms with van der Waals surface area (Å²) in [7, 11) is 0. The van der Waals surface area contributed by atoms with Crippen LogP contribution in [0.25, 0.3) is 0 Å². The van der Waals surface area contributed by atoms with E-state index < -0.39 is 0 Å². The molecular weight excluding hydrogens is 178 g/mol. The molecule has 0 amide bonds. The van der Waals surface area contributed by atoms with Crippen LogP contribution in [0, 0.1) is 5.92 Å². The summed E-state index contributed by atoms with van der Waals surface area (Å²) in [6.07, 6.45) is 5.89. The van der Waals surface area contributed by atoms with E-state index in [0.717, 1.165) is 12.5 Å². The van der Waals surface area contributed by atoms with Gasteiger partial charge in [-0.1, -0.05) is 24.9 Å². The Labute approximate surface area is 85.6 Å². The van der Waals surface area contributed by atoms with Crippen LogP contribution in [0.15, 0.2) is 5.16 Å². The molecule has 4 nitrogen and oxygen atoms in total. The lowest BCUT2D eigenvalue weighted by atomic mass is 9.86. The quantitative estimate of drug-likeness (QED) is 0.276. The van der Waals surface area contributed by atoms with Gasteiger partial charge in [0.25, 0.3) is 0 Å². The van der Waals surface area contributed by atoms with Crippen LogP contribution in [-0.4, -0.2) is 23.6 Å². The standard InChI is InChI=1S/C10H21N3O/c1-8-4-2-3-5-9(8)12-7-6-10(11)13-14/h8-9,12,14H,2-7H2,1H3,(H2,11,13). The molecule has 0 aromatic rings. The molecule has 2 unspecified atom stereocenters. The van der Waals surface area contributed by atoms with E-state index in [0.29, 0.717) is 18.3 Å². The van der Waals surface area contributed by atoms with E-state index >= 15 is 0 Å². The van der Waals surface area contributed by atoms with Gasteiger partial charge in [-0.05, 0) is 18.8 Å². The second kappa shape index (κ2) is 5.86. The van der Waals surface area contributed by atoms with Crippen LogP contribution in [0.3, 0.4) is 0 Å². The molecule has 1 rings (SSSR count). The molecule has 0 radical (unpaired) electrons. The molecule has 4 N–H and O–H groups in total. The van der Waals surface area contributed by atoms with Crippen molar-refractivity contribution in [1.82, 2.24) is 5.32 Å². The van der Waals surface area contributed by atoms with Gasteiger partial charge in [-0.15, -0.1) is 0 Å². The molecule has 82 valence electrons. The lowest BCUT2D eigenvalue weighted by Crippen LogP contribution is -2.38. The van der Waals surface area contributed by atoms with Crippen LogP contribution in [0.4, 0.5) is 0 Å². The van der Waals surface area contributed by atoms with Crippen molar-refractivity contribution in [2.45, 2.75) is 45.1 Å². The maximum absolute atomic E-state index is 8.36. The molecule has 0 aromatic heterocycles. The van der Waals surface area contributed by atoms with Gasteiger partial charge in [0.15, 0.2) is 0 Å². The Bertz CT molecular complexity index is 194. The van der Waals surface area contributed by atoms with E-state index in [1.54, 1.807) is 0 Å². The average molecular weight is 199 g/mol. The van der Waals surface area contributed by atoms with E-state index in [4.69, 9.17) is 10.9 Å². The van der Waals surface area contributed by atoms with Gasteiger partial charge in [-0.3, -0.25) is 0 Å². The van der Waals surface area contributed by atoms with E-state index in [1.165, 1.54) is 25.7 Å². The highest BCUT2D eigenvalue weighted by Crippen LogP contribution is 2.23. The highest BCUT2D eigenvalue weighted by Gasteiger charge is 2.20. The van der Waals surface area contributed by atoms with Gasteiger partial charge in [0.2, 0.25) is 0 Å². The first-order chi connectivity index (χ1) is 6.74. The fourth-order valence-electron chi connectivity index (χ4n) is 2.06. The molecule has 0 aliphatic heterocycles. The van der Waals surface area contributed by atoms with Crippen molar-refractivity contribution >= 4 is 5.84 Å². The van der Waals surface area contributed by atoms with Gasteiger partial charge in [0.1, 0.15) is 5.84 Å². The second-order valence-electron chi connectivity index (χ2n) is 4.16. The number of nitrogens with one attached hydrogen (secondary N) is 1. The van der Waals surface area contributed by atoms with Crippen LogP contribution < -0.4 is 11.1 Å². The maximum atomic E-state index is 8.36. The number of rotatable bonds is 4. The van der Waals surface area contributed by atoms with Crippen LogP contribution >= 0.6 is 0 Å². The highest BCUT2D eigenvalue weighted by atomic mass is 16.4. The molecule has 0 heterocycles. The molecule has 2 atom stereocenters. The molecule has 1 saturated carbocycles. The van der Waals surface area contributed by atoms with Crippen molar-refractivity contribution in [3.05, 3.63) is 0 Å². The normalized spacial score (nSPS) is 29.1. The number of nitrogens with zero attached hydrogens (tertiary/aromatic N) is 1. The summed E-state index contributed by atoms with van der Waals surface area (Å²) in [5.41, 5.74) is 5.38. The van der Waals surface area contributed by atoms with Crippen molar-refractivity contribution in [1.29, 1.82) is 0 Å². The van der Waals surface area contributed by atoms with E-state index in [9.17, 15) is 0 Å². The van der Waals surface area contributed by atoms with Gasteiger partial charge in [-0.25, -0.2) is 0 Å². The number of amidine groups is 1. The molecule has 0 bridgehead atoms. The highest BCUT2D eigenvalue weighted by molar-refractivity contribution is 5.79. The first-order valence-corrected chi connectivity index (χ1v) is 5.44. The lowest BCUT2D eigenvalue weighted by molar-refractivity contribution is 0.282. The van der Waals surface area contributed by atoms with Crippen molar-refractivity contribution in [2.24, 2.45) is 16.8 Å². The third-order valence-electron chi connectivity index (χ3n) is 3.03. The topological polar surface area (TPSA) is 70.6 Å². The number of hydrogen-bond acceptors (Lipinski definition) is 3. The van der Waals surface area contributed by atoms with Gasteiger partial charge in [0.05, 0.1) is 0 Å². The fourth-order valence-corrected chi connectivity index (χ4v) is 2.06. The summed E-state index contributed by atoms with van der Waals surface area (Å²) < 4.78 is 0. The summed E-state index contributed by atoms with van der Waals surface area (Å²) in [5.74, 6) is 1.07. The zero-order valence-electron chi connectivity index (χ0n) is 8.87. The molecule has 1 aliphatic carbocycles. The molecule has 1 fully saturated rings. The van der Waals surface area contributed by atoms with E-state index in [-0.39, 0.29) is 0 Å². The largest absolute Gasteiger partial charge is 0.409 e. The van der Waals surface area contributed by atoms with Crippen molar-refractivity contribution in [2.75, 3.05) is 6.54 Å². The average Bonchev–Trinajstić information content (AvgIpc) is 2.20. The molecular formula is C10H21N3O. The van der Waals surface area contributed by atoms with Gasteiger partial charge < -0.3 is 16.3 Å². The Balaban J connectivity index is 2.16. The minimum Gasteiger partial charge on any atom is -0.409 e. The summed E-state index contributed by atoms with van der Waals surface area (Å²) in [6.45, 7) is 3.10. The molecule has 0 saturated heterocycles. The Morgan fingerprint density at radius 1 is 1.50 bits per heavy atom. The number of nitrogens with two attached hydrogens (primary N) is 1. The van der Waals surface area contributed by atoms with Crippen LogP contribution in [0.5, 0.6) is 0 Å². The van der Waals surface area contributed by atoms with Gasteiger partial charge >= 0.3 is 0 Å². The third-order valence-corrected chi connectivity index (χ3v) is 3.03. The first-order valence-electron chi connectivity index (χ1n) is 5.44. The second-order valence-corrected chi connectivity index (χ2v) is 4.16. The molecule has 4 heteroatoms. The van der Waals surface area contributed by atoms with Crippen molar-refractivity contribution in [3.8, 4) is 0 Å². The Morgan fingerprint density at radius 2 is 2.21 bits per heavy atom. The SMILES string of the molecule is CC1CCCCC1NCCC(N)=NO. The predicted octanol–water partition coefficient (Wildman–Crippen LogP) is 1.29. The smallest absolute Gasteiger partial charge is 0.140 e. The van der Waals surface area contributed by atoms with Crippen LogP contribution in [-0.2, 0) is 0 Å². The Kier molecular flexibility index (Phi) is 4.73. The van der Waals surface area contributed by atoms with Crippen LogP contribution in [0.2, 0.25) is 0 Å². The predicted molar refractivity (Wildman–Crippen MR) is 57.4 cm³/mol. The molecule has 0 spiro atoms. The summed E-state index contributed by atoms with van der Waals surface area (Å²) in [5, 5.41) is 14.8. The zero-order valence-corrected chi connectivity index (χ0v) is 8.87. The fraction of sp³-hybridized carbons (Fsp3) is 0.900. The van der Waals surface area contributed by atoms with E-state index in [1.807, 2.05) is 0 Å². The monoisotopic (exact) mass is 199 g/mol. The number of hydrogen-bond donors (Lipinski definition) is 3. The first kappa shape index (κ1) is 11.3. The maximum Gasteiger partial charge on any atom is 0.140 e. The summed E-state index contributed by atoms with van der Waals surface area (Å²) >= 11 is 0. The van der Waals surface area contributed by atoms with Crippen LogP contribution in [0.1, 0.15) is 39.0 Å². The molecule has 1 aliphatic rings. The van der Waals surface area contributed by atoms with E-state index in [2.05, 4.69) is 17.4 Å². The molecule has 14 heavy (non-hydrogen) atoms. The summed E-state index contributed by atoms with van der Waals surface area (Å²) in [4.78, 5) is 0. The Morgan fingerprint density at radius 3 is 2.86 bits per heavy atom. The summed E-state index contributed by atoms with van der Waals surface area (Å²) in [6, 6.07) is 0.621. The lowest BCUT2D eigenvalue weighted by Gasteiger charge is -2.29. The zero-order chi connectivity index (χ0) is 10.4. The minimum atomic E-state index is 0.306. The molecule has 0 aromatic carbocycles. The van der Waals surface area contributed by atoms with Crippen molar-refractivity contribution < 1.29 is 5.21 Å². The third kappa shape index (κ3) is 3.54. The van der Waals surface area contributed by atoms with Gasteiger partial charge in [-0.2, -0.15) is 0 Å².